The molecule has 0 atom stereocenters. The van der Waals surface area contributed by atoms with Gasteiger partial charge in [0.05, 0.1) is 0 Å². The van der Waals surface area contributed by atoms with Crippen LogP contribution in [-0.4, -0.2) is 5.11 Å². The molecule has 3 N–H and O–H groups in total. The molecule has 3 heteroatoms. The van der Waals surface area contributed by atoms with Gasteiger partial charge in [-0.2, -0.15) is 0 Å². The van der Waals surface area contributed by atoms with Crippen LogP contribution in [0.4, 0.5) is 0 Å². The Bertz CT molecular complexity index is 463. The molecule has 2 aromatic carbocycles. The maximum Gasteiger partial charge on any atom is 0.119 e. The average Bonchev–Trinajstić information content (AvgIpc) is 2.39. The molecule has 0 aromatic heterocycles. The molecule has 0 spiro atoms. The van der Waals surface area contributed by atoms with Crippen molar-refractivity contribution in [2.24, 2.45) is 5.73 Å². The van der Waals surface area contributed by atoms with Gasteiger partial charge in [0.2, 0.25) is 0 Å². The second kappa shape index (κ2) is 5.37. The van der Waals surface area contributed by atoms with Gasteiger partial charge < -0.3 is 15.6 Å². The summed E-state index contributed by atoms with van der Waals surface area (Å²) in [6.45, 7) is 1.03. The summed E-state index contributed by atoms with van der Waals surface area (Å²) in [5.41, 5.74) is 7.62. The molecule has 0 saturated carbocycles. The highest BCUT2D eigenvalue weighted by Crippen LogP contribution is 2.15. The van der Waals surface area contributed by atoms with Gasteiger partial charge in [-0.15, -0.1) is 0 Å². The van der Waals surface area contributed by atoms with Crippen LogP contribution in [0.2, 0.25) is 0 Å². The summed E-state index contributed by atoms with van der Waals surface area (Å²) in [4.78, 5) is 0. The third-order valence-electron chi connectivity index (χ3n) is 2.50. The van der Waals surface area contributed by atoms with Gasteiger partial charge in [-0.25, -0.2) is 0 Å². The summed E-state index contributed by atoms with van der Waals surface area (Å²) in [5.74, 6) is 1.08. The molecule has 0 heterocycles. The first-order valence-corrected chi connectivity index (χ1v) is 5.47. The van der Waals surface area contributed by atoms with E-state index in [2.05, 4.69) is 0 Å². The van der Waals surface area contributed by atoms with E-state index in [4.69, 9.17) is 15.6 Å². The molecule has 0 bridgehead atoms. The Hall–Kier alpha value is -2.00. The molecular weight excluding hydrogens is 214 g/mol. The van der Waals surface area contributed by atoms with Crippen LogP contribution in [0.3, 0.4) is 0 Å². The van der Waals surface area contributed by atoms with Crippen LogP contribution >= 0.6 is 0 Å². The van der Waals surface area contributed by atoms with E-state index in [9.17, 15) is 0 Å². The minimum Gasteiger partial charge on any atom is -0.508 e. The van der Waals surface area contributed by atoms with Crippen LogP contribution in [0, 0.1) is 0 Å². The van der Waals surface area contributed by atoms with Crippen molar-refractivity contribution in [3.63, 3.8) is 0 Å². The fourth-order valence-corrected chi connectivity index (χ4v) is 1.48. The van der Waals surface area contributed by atoms with Crippen molar-refractivity contribution in [1.29, 1.82) is 0 Å². The van der Waals surface area contributed by atoms with Crippen LogP contribution in [0.1, 0.15) is 11.1 Å². The maximum absolute atomic E-state index is 9.15. The van der Waals surface area contributed by atoms with Crippen molar-refractivity contribution in [2.45, 2.75) is 13.2 Å². The largest absolute Gasteiger partial charge is 0.508 e. The van der Waals surface area contributed by atoms with Crippen molar-refractivity contribution in [3.05, 3.63) is 59.7 Å². The van der Waals surface area contributed by atoms with Gasteiger partial charge in [-0.05, 0) is 35.4 Å². The summed E-state index contributed by atoms with van der Waals surface area (Å²) in [7, 11) is 0. The van der Waals surface area contributed by atoms with E-state index in [1.807, 2.05) is 36.4 Å². The van der Waals surface area contributed by atoms with E-state index in [1.165, 1.54) is 0 Å². The van der Waals surface area contributed by atoms with E-state index in [1.54, 1.807) is 12.1 Å². The Balaban J connectivity index is 1.95. The number of aromatic hydroxyl groups is 1. The highest BCUT2D eigenvalue weighted by molar-refractivity contribution is 5.29. The molecule has 88 valence electrons. The molecule has 0 unspecified atom stereocenters. The number of nitrogens with two attached hydrogens (primary N) is 1. The van der Waals surface area contributed by atoms with E-state index < -0.39 is 0 Å². The normalized spacial score (nSPS) is 10.2. The molecule has 2 rings (SSSR count). The van der Waals surface area contributed by atoms with Crippen LogP contribution in [0.25, 0.3) is 0 Å². The predicted octanol–water partition coefficient (Wildman–Crippen LogP) is 2.43. The van der Waals surface area contributed by atoms with Crippen LogP contribution in [-0.2, 0) is 13.2 Å². The minimum absolute atomic E-state index is 0.265. The fraction of sp³-hybridized carbons (Fsp3) is 0.143. The van der Waals surface area contributed by atoms with Crippen LogP contribution < -0.4 is 10.5 Å². The third-order valence-corrected chi connectivity index (χ3v) is 2.50. The lowest BCUT2D eigenvalue weighted by Crippen LogP contribution is -1.97. The molecule has 0 saturated heterocycles. The lowest BCUT2D eigenvalue weighted by Gasteiger charge is -2.07. The number of rotatable bonds is 4. The highest BCUT2D eigenvalue weighted by Gasteiger charge is 1.96. The van der Waals surface area contributed by atoms with Crippen molar-refractivity contribution in [1.82, 2.24) is 0 Å². The van der Waals surface area contributed by atoms with Gasteiger partial charge in [0, 0.05) is 6.54 Å². The lowest BCUT2D eigenvalue weighted by molar-refractivity contribution is 0.306. The zero-order valence-corrected chi connectivity index (χ0v) is 9.47. The molecule has 2 aromatic rings. The van der Waals surface area contributed by atoms with Gasteiger partial charge in [-0.1, -0.05) is 24.3 Å². The van der Waals surface area contributed by atoms with E-state index in [-0.39, 0.29) is 5.75 Å². The Labute approximate surface area is 100 Å². The monoisotopic (exact) mass is 229 g/mol. The SMILES string of the molecule is NCc1ccc(OCc2ccc(O)cc2)cc1. The molecule has 0 aliphatic heterocycles. The highest BCUT2D eigenvalue weighted by atomic mass is 16.5. The summed E-state index contributed by atoms with van der Waals surface area (Å²) in [6.07, 6.45) is 0. The first-order valence-electron chi connectivity index (χ1n) is 5.47. The molecule has 3 nitrogen and oxygen atoms in total. The van der Waals surface area contributed by atoms with E-state index >= 15 is 0 Å². The van der Waals surface area contributed by atoms with Gasteiger partial charge in [-0.3, -0.25) is 0 Å². The summed E-state index contributed by atoms with van der Waals surface area (Å²) < 4.78 is 5.61. The summed E-state index contributed by atoms with van der Waals surface area (Å²) in [6, 6.07) is 14.7. The molecule has 0 fully saturated rings. The summed E-state index contributed by atoms with van der Waals surface area (Å²) in [5, 5.41) is 9.15. The average molecular weight is 229 g/mol. The second-order valence-electron chi connectivity index (χ2n) is 3.80. The zero-order chi connectivity index (χ0) is 12.1. The van der Waals surface area contributed by atoms with Crippen molar-refractivity contribution >= 4 is 0 Å². The second-order valence-corrected chi connectivity index (χ2v) is 3.80. The Kier molecular flexibility index (Phi) is 3.62. The number of phenolic OH excluding ortho intramolecular Hbond substituents is 1. The number of benzene rings is 2. The molecular formula is C14H15NO2. The number of hydrogen-bond donors (Lipinski definition) is 2. The van der Waals surface area contributed by atoms with Crippen LogP contribution in [0.15, 0.2) is 48.5 Å². The van der Waals surface area contributed by atoms with Gasteiger partial charge in [0.15, 0.2) is 0 Å². The van der Waals surface area contributed by atoms with Gasteiger partial charge >= 0.3 is 0 Å². The van der Waals surface area contributed by atoms with Gasteiger partial charge in [0.1, 0.15) is 18.1 Å². The van der Waals surface area contributed by atoms with E-state index in [0.29, 0.717) is 13.2 Å². The number of hydrogen-bond acceptors (Lipinski definition) is 3. The zero-order valence-electron chi connectivity index (χ0n) is 9.47. The number of phenols is 1. The van der Waals surface area contributed by atoms with Crippen molar-refractivity contribution in [3.8, 4) is 11.5 Å². The van der Waals surface area contributed by atoms with Crippen LogP contribution in [0.5, 0.6) is 11.5 Å². The van der Waals surface area contributed by atoms with Crippen molar-refractivity contribution in [2.75, 3.05) is 0 Å². The summed E-state index contributed by atoms with van der Waals surface area (Å²) >= 11 is 0. The minimum atomic E-state index is 0.265. The van der Waals surface area contributed by atoms with Crippen molar-refractivity contribution < 1.29 is 9.84 Å². The molecule has 0 aliphatic carbocycles. The number of ether oxygens (including phenoxy) is 1. The molecule has 0 amide bonds. The first-order chi connectivity index (χ1) is 8.28. The van der Waals surface area contributed by atoms with Gasteiger partial charge in [0.25, 0.3) is 0 Å². The Morgan fingerprint density at radius 1 is 0.882 bits per heavy atom. The van der Waals surface area contributed by atoms with E-state index in [0.717, 1.165) is 16.9 Å². The molecule has 17 heavy (non-hydrogen) atoms. The first kappa shape index (κ1) is 11.5. The fourth-order valence-electron chi connectivity index (χ4n) is 1.48. The predicted molar refractivity (Wildman–Crippen MR) is 66.8 cm³/mol. The Morgan fingerprint density at radius 2 is 1.47 bits per heavy atom. The smallest absolute Gasteiger partial charge is 0.119 e. The lowest BCUT2D eigenvalue weighted by atomic mass is 10.2. The quantitative estimate of drug-likeness (QED) is 0.846. The molecule has 0 radical (unpaired) electrons. The standard InChI is InChI=1S/C14H15NO2/c15-9-11-3-7-14(8-4-11)17-10-12-1-5-13(16)6-2-12/h1-8,16H,9-10,15H2. The third kappa shape index (κ3) is 3.23. The molecule has 0 aliphatic rings. The maximum atomic E-state index is 9.15. The topological polar surface area (TPSA) is 55.5 Å². The Morgan fingerprint density at radius 3 is 2.06 bits per heavy atom.